The van der Waals surface area contributed by atoms with Crippen LogP contribution in [0.3, 0.4) is 0 Å². The average molecular weight is 494 g/mol. The Bertz CT molecular complexity index is 1300. The fourth-order valence-electron chi connectivity index (χ4n) is 4.09. The number of Topliss-reactive ketones (excluding diaryl/α,β-unsaturated/α-hetero) is 1. The van der Waals surface area contributed by atoms with E-state index in [1.165, 1.54) is 19.1 Å². The molecule has 0 saturated carbocycles. The molecular formula is C27H24ClNO6. The summed E-state index contributed by atoms with van der Waals surface area (Å²) in [5.74, 6) is -0.499. The minimum absolute atomic E-state index is 0.0670. The lowest BCUT2D eigenvalue weighted by Gasteiger charge is -2.26. The lowest BCUT2D eigenvalue weighted by Crippen LogP contribution is -2.29. The second kappa shape index (κ2) is 10.1. The number of benzene rings is 3. The lowest BCUT2D eigenvalue weighted by atomic mass is 9.94. The van der Waals surface area contributed by atoms with E-state index in [1.54, 1.807) is 66.7 Å². The second-order valence-corrected chi connectivity index (χ2v) is 8.15. The zero-order valence-electron chi connectivity index (χ0n) is 19.4. The maximum Gasteiger partial charge on any atom is 0.300 e. The third kappa shape index (κ3) is 4.55. The number of anilines is 1. The van der Waals surface area contributed by atoms with E-state index in [1.807, 2.05) is 6.92 Å². The Morgan fingerprint density at radius 1 is 0.971 bits per heavy atom. The third-order valence-electron chi connectivity index (χ3n) is 5.70. The lowest BCUT2D eigenvalue weighted by molar-refractivity contribution is -0.132. The van der Waals surface area contributed by atoms with E-state index >= 15 is 0 Å². The molecule has 8 heteroatoms. The minimum Gasteiger partial charge on any atom is -0.507 e. The first-order valence-corrected chi connectivity index (χ1v) is 11.3. The van der Waals surface area contributed by atoms with Gasteiger partial charge in [-0.15, -0.1) is 0 Å². The molecule has 1 aliphatic heterocycles. The molecule has 35 heavy (non-hydrogen) atoms. The standard InChI is InChI=1S/C27H24ClNO6/c1-4-35-19-10-8-16(9-11-19)24-23(25(30)21-13-12-20(33-2)15-22(21)34-3)26(31)27(32)29(24)18-7-5-6-17(28)14-18/h5-15,24,30H,4H2,1-3H3/b25-23-. The fraction of sp³-hybridized carbons (Fsp3) is 0.185. The van der Waals surface area contributed by atoms with E-state index in [9.17, 15) is 14.7 Å². The van der Waals surface area contributed by atoms with Crippen LogP contribution in [0, 0.1) is 0 Å². The molecule has 1 N–H and O–H groups in total. The van der Waals surface area contributed by atoms with Crippen molar-refractivity contribution in [3.8, 4) is 17.2 Å². The molecule has 1 heterocycles. The fourth-order valence-corrected chi connectivity index (χ4v) is 4.28. The summed E-state index contributed by atoms with van der Waals surface area (Å²) in [5, 5.41) is 11.8. The summed E-state index contributed by atoms with van der Waals surface area (Å²) in [5.41, 5.74) is 1.23. The highest BCUT2D eigenvalue weighted by molar-refractivity contribution is 6.51. The maximum absolute atomic E-state index is 13.3. The summed E-state index contributed by atoms with van der Waals surface area (Å²) < 4.78 is 16.2. The highest BCUT2D eigenvalue weighted by Crippen LogP contribution is 2.44. The Balaban J connectivity index is 1.94. The quantitative estimate of drug-likeness (QED) is 0.270. The van der Waals surface area contributed by atoms with E-state index in [4.69, 9.17) is 25.8 Å². The van der Waals surface area contributed by atoms with Gasteiger partial charge in [0.2, 0.25) is 0 Å². The van der Waals surface area contributed by atoms with Crippen molar-refractivity contribution in [2.24, 2.45) is 0 Å². The van der Waals surface area contributed by atoms with Gasteiger partial charge in [-0.1, -0.05) is 29.8 Å². The van der Waals surface area contributed by atoms with Gasteiger partial charge in [-0.2, -0.15) is 0 Å². The van der Waals surface area contributed by atoms with Gasteiger partial charge in [0.25, 0.3) is 11.7 Å². The summed E-state index contributed by atoms with van der Waals surface area (Å²) in [7, 11) is 2.96. The highest BCUT2D eigenvalue weighted by Gasteiger charge is 2.47. The Morgan fingerprint density at radius 3 is 2.31 bits per heavy atom. The number of hydrogen-bond acceptors (Lipinski definition) is 6. The van der Waals surface area contributed by atoms with E-state index < -0.39 is 17.7 Å². The Labute approximate surface area is 208 Å². The number of halogens is 1. The van der Waals surface area contributed by atoms with Crippen LogP contribution in [0.1, 0.15) is 24.1 Å². The van der Waals surface area contributed by atoms with Crippen LogP contribution < -0.4 is 19.1 Å². The van der Waals surface area contributed by atoms with Gasteiger partial charge in [-0.3, -0.25) is 14.5 Å². The minimum atomic E-state index is -0.907. The van der Waals surface area contributed by atoms with Crippen LogP contribution in [0.5, 0.6) is 17.2 Å². The van der Waals surface area contributed by atoms with Gasteiger partial charge in [0.05, 0.1) is 38.0 Å². The number of ketones is 1. The van der Waals surface area contributed by atoms with Crippen molar-refractivity contribution < 1.29 is 28.9 Å². The number of aliphatic hydroxyl groups is 1. The molecule has 180 valence electrons. The van der Waals surface area contributed by atoms with Crippen molar-refractivity contribution >= 4 is 34.7 Å². The monoisotopic (exact) mass is 493 g/mol. The molecule has 1 atom stereocenters. The number of ether oxygens (including phenoxy) is 3. The first-order valence-electron chi connectivity index (χ1n) is 10.9. The SMILES string of the molecule is CCOc1ccc(C2/C(=C(/O)c3ccc(OC)cc3OC)C(=O)C(=O)N2c2cccc(Cl)c2)cc1. The summed E-state index contributed by atoms with van der Waals surface area (Å²) in [6.45, 7) is 2.38. The van der Waals surface area contributed by atoms with E-state index in [0.29, 0.717) is 40.1 Å². The number of hydrogen-bond donors (Lipinski definition) is 1. The molecule has 1 unspecified atom stereocenters. The number of aliphatic hydroxyl groups excluding tert-OH is 1. The normalized spacial score (nSPS) is 16.9. The molecule has 4 rings (SSSR count). The molecule has 0 radical (unpaired) electrons. The zero-order chi connectivity index (χ0) is 25.1. The molecule has 1 saturated heterocycles. The predicted molar refractivity (Wildman–Crippen MR) is 133 cm³/mol. The van der Waals surface area contributed by atoms with Gasteiger partial charge >= 0.3 is 0 Å². The van der Waals surface area contributed by atoms with Crippen molar-refractivity contribution in [2.75, 3.05) is 25.7 Å². The molecule has 3 aromatic rings. The smallest absolute Gasteiger partial charge is 0.300 e. The molecule has 0 aromatic heterocycles. The van der Waals surface area contributed by atoms with Crippen LogP contribution in [0.4, 0.5) is 5.69 Å². The summed E-state index contributed by atoms with van der Waals surface area (Å²) in [6, 6.07) is 17.6. The van der Waals surface area contributed by atoms with E-state index in [-0.39, 0.29) is 16.9 Å². The molecule has 3 aromatic carbocycles. The predicted octanol–water partition coefficient (Wildman–Crippen LogP) is 5.38. The number of carbonyl (C=O) groups is 2. The van der Waals surface area contributed by atoms with Gasteiger partial charge in [0.15, 0.2) is 0 Å². The van der Waals surface area contributed by atoms with Crippen LogP contribution in [0.2, 0.25) is 5.02 Å². The van der Waals surface area contributed by atoms with Crippen molar-refractivity contribution in [1.29, 1.82) is 0 Å². The Hall–Kier alpha value is -3.97. The number of rotatable bonds is 7. The Kier molecular flexibility index (Phi) is 6.98. The molecule has 1 fully saturated rings. The molecule has 1 aliphatic rings. The maximum atomic E-state index is 13.3. The van der Waals surface area contributed by atoms with Crippen molar-refractivity contribution in [3.63, 3.8) is 0 Å². The molecule has 0 aliphatic carbocycles. The van der Waals surface area contributed by atoms with Crippen LogP contribution in [0.25, 0.3) is 5.76 Å². The van der Waals surface area contributed by atoms with Crippen LogP contribution in [0.15, 0.2) is 72.3 Å². The first kappa shape index (κ1) is 24.2. The van der Waals surface area contributed by atoms with Gasteiger partial charge in [-0.05, 0) is 55.0 Å². The van der Waals surface area contributed by atoms with E-state index in [2.05, 4.69) is 0 Å². The summed E-state index contributed by atoms with van der Waals surface area (Å²) >= 11 is 6.19. The van der Waals surface area contributed by atoms with E-state index in [0.717, 1.165) is 0 Å². The molecule has 0 spiro atoms. The van der Waals surface area contributed by atoms with Gasteiger partial charge in [0.1, 0.15) is 23.0 Å². The topological polar surface area (TPSA) is 85.3 Å². The van der Waals surface area contributed by atoms with Crippen LogP contribution in [-0.2, 0) is 9.59 Å². The molecule has 1 amide bonds. The number of methoxy groups -OCH3 is 2. The highest BCUT2D eigenvalue weighted by atomic mass is 35.5. The number of amides is 1. The van der Waals surface area contributed by atoms with Crippen molar-refractivity contribution in [1.82, 2.24) is 0 Å². The zero-order valence-corrected chi connectivity index (χ0v) is 20.2. The number of carbonyl (C=O) groups excluding carboxylic acids is 2. The molecule has 7 nitrogen and oxygen atoms in total. The summed E-state index contributed by atoms with van der Waals surface area (Å²) in [4.78, 5) is 28.0. The summed E-state index contributed by atoms with van der Waals surface area (Å²) in [6.07, 6.45) is 0. The second-order valence-electron chi connectivity index (χ2n) is 7.72. The Morgan fingerprint density at radius 2 is 1.69 bits per heavy atom. The largest absolute Gasteiger partial charge is 0.507 e. The third-order valence-corrected chi connectivity index (χ3v) is 5.94. The van der Waals surface area contributed by atoms with Crippen LogP contribution >= 0.6 is 11.6 Å². The molecule has 0 bridgehead atoms. The van der Waals surface area contributed by atoms with Crippen LogP contribution in [-0.4, -0.2) is 37.6 Å². The number of nitrogens with zero attached hydrogens (tertiary/aromatic N) is 1. The molecular weight excluding hydrogens is 470 g/mol. The first-order chi connectivity index (χ1) is 16.9. The van der Waals surface area contributed by atoms with Gasteiger partial charge in [0, 0.05) is 16.8 Å². The van der Waals surface area contributed by atoms with Gasteiger partial charge < -0.3 is 19.3 Å². The van der Waals surface area contributed by atoms with Gasteiger partial charge in [-0.25, -0.2) is 0 Å². The van der Waals surface area contributed by atoms with Crippen molar-refractivity contribution in [2.45, 2.75) is 13.0 Å². The average Bonchev–Trinajstić information content (AvgIpc) is 3.14. The van der Waals surface area contributed by atoms with Crippen molar-refractivity contribution in [3.05, 3.63) is 88.5 Å².